The number of carbonyl (C=O) groups excluding carboxylic acids is 1. The van der Waals surface area contributed by atoms with Crippen molar-refractivity contribution in [2.24, 2.45) is 11.3 Å². The number of nitriles is 1. The molecule has 0 spiro atoms. The van der Waals surface area contributed by atoms with Crippen molar-refractivity contribution >= 4 is 5.91 Å². The summed E-state index contributed by atoms with van der Waals surface area (Å²) >= 11 is 0. The molecule has 1 aliphatic carbocycles. The summed E-state index contributed by atoms with van der Waals surface area (Å²) in [5.41, 5.74) is -0.761. The fourth-order valence-corrected chi connectivity index (χ4v) is 4.50. The normalized spacial score (nSPS) is 26.0. The highest BCUT2D eigenvalue weighted by Gasteiger charge is 2.45. The summed E-state index contributed by atoms with van der Waals surface area (Å²) in [4.78, 5) is 15.3. The average molecular weight is 290 g/mol. The molecule has 3 heteroatoms. The Morgan fingerprint density at radius 2 is 1.76 bits per heavy atom. The Bertz CT molecular complexity index is 391. The molecule has 0 N–H and O–H groups in total. The second kappa shape index (κ2) is 7.29. The van der Waals surface area contributed by atoms with Crippen LogP contribution in [0.3, 0.4) is 0 Å². The van der Waals surface area contributed by atoms with Crippen molar-refractivity contribution in [2.45, 2.75) is 84.1 Å². The highest BCUT2D eigenvalue weighted by Crippen LogP contribution is 2.39. The summed E-state index contributed by atoms with van der Waals surface area (Å²) < 4.78 is 0. The van der Waals surface area contributed by atoms with Crippen molar-refractivity contribution in [3.05, 3.63) is 0 Å². The maximum absolute atomic E-state index is 13.2. The number of hydrogen-bond acceptors (Lipinski definition) is 2. The van der Waals surface area contributed by atoms with Crippen molar-refractivity contribution < 1.29 is 4.79 Å². The zero-order valence-corrected chi connectivity index (χ0v) is 13.7. The number of carbonyl (C=O) groups is 1. The lowest BCUT2D eigenvalue weighted by Crippen LogP contribution is -2.54. The van der Waals surface area contributed by atoms with Gasteiger partial charge in [0.2, 0.25) is 5.91 Å². The van der Waals surface area contributed by atoms with E-state index in [-0.39, 0.29) is 5.91 Å². The van der Waals surface area contributed by atoms with E-state index in [1.165, 1.54) is 25.7 Å². The molecule has 0 aromatic rings. The van der Waals surface area contributed by atoms with E-state index in [1.54, 1.807) is 0 Å². The van der Waals surface area contributed by atoms with Gasteiger partial charge in [-0.1, -0.05) is 39.5 Å². The van der Waals surface area contributed by atoms with E-state index in [0.717, 1.165) is 32.2 Å². The Morgan fingerprint density at radius 1 is 1.14 bits per heavy atom. The molecule has 21 heavy (non-hydrogen) atoms. The third-order valence-electron chi connectivity index (χ3n) is 5.48. The standard InChI is InChI=1S/C18H30N2O/c1-3-11-18(14-19,12-4-2)17(21)20-13-7-9-15-8-5-6-10-16(15)20/h15-16H,3-13H2,1-2H3/t15-,16-/m1/s1. The third-order valence-corrected chi connectivity index (χ3v) is 5.48. The van der Waals surface area contributed by atoms with Gasteiger partial charge in [-0.15, -0.1) is 0 Å². The van der Waals surface area contributed by atoms with Crippen LogP contribution in [0.2, 0.25) is 0 Å². The number of hydrogen-bond donors (Lipinski definition) is 0. The summed E-state index contributed by atoms with van der Waals surface area (Å²) in [5.74, 6) is 0.835. The van der Waals surface area contributed by atoms with Crippen molar-refractivity contribution in [1.82, 2.24) is 4.90 Å². The van der Waals surface area contributed by atoms with E-state index in [0.29, 0.717) is 24.8 Å². The quantitative estimate of drug-likeness (QED) is 0.758. The Kier molecular flexibility index (Phi) is 5.67. The molecule has 0 aromatic carbocycles. The molecule has 1 aliphatic heterocycles. The second-order valence-electron chi connectivity index (χ2n) is 6.95. The molecule has 3 nitrogen and oxygen atoms in total. The van der Waals surface area contributed by atoms with Crippen LogP contribution in [0.4, 0.5) is 0 Å². The van der Waals surface area contributed by atoms with Gasteiger partial charge in [0.05, 0.1) is 6.07 Å². The zero-order valence-electron chi connectivity index (χ0n) is 13.7. The topological polar surface area (TPSA) is 44.1 Å². The molecule has 0 bridgehead atoms. The van der Waals surface area contributed by atoms with Crippen LogP contribution in [0.15, 0.2) is 0 Å². The number of likely N-dealkylation sites (tertiary alicyclic amines) is 1. The van der Waals surface area contributed by atoms with Crippen LogP contribution in [0.5, 0.6) is 0 Å². The van der Waals surface area contributed by atoms with Gasteiger partial charge in [0.25, 0.3) is 0 Å². The predicted octanol–water partition coefficient (Wildman–Crippen LogP) is 4.28. The number of fused-ring (bicyclic) bond motifs is 1. The maximum atomic E-state index is 13.2. The lowest BCUT2D eigenvalue weighted by atomic mass is 9.74. The number of piperidine rings is 1. The Labute approximate surface area is 129 Å². The first-order chi connectivity index (χ1) is 10.2. The minimum atomic E-state index is -0.761. The van der Waals surface area contributed by atoms with Crippen LogP contribution in [0.1, 0.15) is 78.1 Å². The molecule has 2 atom stereocenters. The summed E-state index contributed by atoms with van der Waals surface area (Å²) in [6.45, 7) is 5.03. The number of nitrogens with zero attached hydrogens (tertiary/aromatic N) is 2. The first-order valence-corrected chi connectivity index (χ1v) is 8.91. The molecule has 0 radical (unpaired) electrons. The minimum absolute atomic E-state index is 0.144. The molecule has 2 rings (SSSR count). The zero-order chi connectivity index (χ0) is 15.3. The van der Waals surface area contributed by atoms with E-state index >= 15 is 0 Å². The lowest BCUT2D eigenvalue weighted by molar-refractivity contribution is -0.146. The van der Waals surface area contributed by atoms with E-state index in [2.05, 4.69) is 24.8 Å². The summed E-state index contributed by atoms with van der Waals surface area (Å²) in [7, 11) is 0. The molecular weight excluding hydrogens is 260 g/mol. The number of rotatable bonds is 5. The number of amides is 1. The highest BCUT2D eigenvalue weighted by molar-refractivity contribution is 5.86. The molecule has 0 aromatic heterocycles. The fourth-order valence-electron chi connectivity index (χ4n) is 4.50. The Hall–Kier alpha value is -1.04. The van der Waals surface area contributed by atoms with Gasteiger partial charge in [-0.05, 0) is 44.4 Å². The van der Waals surface area contributed by atoms with Crippen molar-refractivity contribution in [2.75, 3.05) is 6.54 Å². The highest BCUT2D eigenvalue weighted by atomic mass is 16.2. The largest absolute Gasteiger partial charge is 0.338 e. The Balaban J connectivity index is 2.20. The molecule has 1 amide bonds. The molecule has 0 unspecified atom stereocenters. The van der Waals surface area contributed by atoms with Crippen LogP contribution in [0, 0.1) is 22.7 Å². The Morgan fingerprint density at radius 3 is 2.38 bits per heavy atom. The molecule has 1 saturated carbocycles. The molecule has 118 valence electrons. The molecular formula is C18H30N2O. The van der Waals surface area contributed by atoms with Crippen molar-refractivity contribution in [3.8, 4) is 6.07 Å². The first-order valence-electron chi connectivity index (χ1n) is 8.91. The maximum Gasteiger partial charge on any atom is 0.243 e. The minimum Gasteiger partial charge on any atom is -0.338 e. The summed E-state index contributed by atoms with van der Waals surface area (Å²) in [6.07, 6.45) is 10.6. The summed E-state index contributed by atoms with van der Waals surface area (Å²) in [6, 6.07) is 2.84. The SMILES string of the molecule is CCCC(C#N)(CCC)C(=O)N1CCC[C@H]2CCCC[C@H]21. The third kappa shape index (κ3) is 3.25. The van der Waals surface area contributed by atoms with Crippen LogP contribution < -0.4 is 0 Å². The van der Waals surface area contributed by atoms with E-state index in [4.69, 9.17) is 0 Å². The smallest absolute Gasteiger partial charge is 0.243 e. The van der Waals surface area contributed by atoms with Crippen LogP contribution in [-0.4, -0.2) is 23.4 Å². The van der Waals surface area contributed by atoms with Gasteiger partial charge in [0, 0.05) is 12.6 Å². The van der Waals surface area contributed by atoms with Gasteiger partial charge in [-0.25, -0.2) is 0 Å². The fraction of sp³-hybridized carbons (Fsp3) is 0.889. The van der Waals surface area contributed by atoms with E-state index in [1.807, 2.05) is 0 Å². The van der Waals surface area contributed by atoms with Gasteiger partial charge in [0.1, 0.15) is 5.41 Å². The van der Waals surface area contributed by atoms with E-state index in [9.17, 15) is 10.1 Å². The van der Waals surface area contributed by atoms with Gasteiger partial charge in [-0.2, -0.15) is 5.26 Å². The van der Waals surface area contributed by atoms with Gasteiger partial charge in [-0.3, -0.25) is 4.79 Å². The second-order valence-corrected chi connectivity index (χ2v) is 6.95. The van der Waals surface area contributed by atoms with Crippen molar-refractivity contribution in [3.63, 3.8) is 0 Å². The molecule has 1 heterocycles. The van der Waals surface area contributed by atoms with E-state index < -0.39 is 5.41 Å². The average Bonchev–Trinajstić information content (AvgIpc) is 2.53. The van der Waals surface area contributed by atoms with Crippen LogP contribution in [0.25, 0.3) is 0 Å². The molecule has 1 saturated heterocycles. The lowest BCUT2D eigenvalue weighted by Gasteiger charge is -2.46. The van der Waals surface area contributed by atoms with Gasteiger partial charge in [0.15, 0.2) is 0 Å². The molecule has 2 fully saturated rings. The predicted molar refractivity (Wildman–Crippen MR) is 84.6 cm³/mol. The first kappa shape index (κ1) is 16.3. The van der Waals surface area contributed by atoms with Crippen molar-refractivity contribution in [1.29, 1.82) is 5.26 Å². The van der Waals surface area contributed by atoms with Gasteiger partial charge >= 0.3 is 0 Å². The van der Waals surface area contributed by atoms with Crippen LogP contribution in [-0.2, 0) is 4.79 Å². The summed E-state index contributed by atoms with van der Waals surface area (Å²) in [5, 5.41) is 9.74. The van der Waals surface area contributed by atoms with Gasteiger partial charge < -0.3 is 4.90 Å². The monoisotopic (exact) mass is 290 g/mol. The van der Waals surface area contributed by atoms with Crippen LogP contribution >= 0.6 is 0 Å². The molecule has 2 aliphatic rings.